The Balaban J connectivity index is 1.67. The largest absolute Gasteiger partial charge is 0.463 e. The van der Waals surface area contributed by atoms with Gasteiger partial charge < -0.3 is 9.47 Å². The van der Waals surface area contributed by atoms with Gasteiger partial charge in [-0.1, -0.05) is 90.4 Å². The molecule has 0 aliphatic carbocycles. The third-order valence-electron chi connectivity index (χ3n) is 4.57. The minimum Gasteiger partial charge on any atom is -0.463 e. The molecule has 0 amide bonds. The van der Waals surface area contributed by atoms with Crippen LogP contribution < -0.4 is 0 Å². The lowest BCUT2D eigenvalue weighted by atomic mass is 10.0. The minimum absolute atomic E-state index is 0.0561. The fourth-order valence-corrected chi connectivity index (χ4v) is 2.89. The minimum atomic E-state index is -0.0561. The lowest BCUT2D eigenvalue weighted by molar-refractivity contribution is -0.144. The quantitative estimate of drug-likeness (QED) is 0.193. The number of epoxide rings is 1. The summed E-state index contributed by atoms with van der Waals surface area (Å²) < 4.78 is 10.1. The average molecular weight is 327 g/mol. The molecule has 23 heavy (non-hydrogen) atoms. The molecule has 0 aromatic carbocycles. The second-order valence-corrected chi connectivity index (χ2v) is 6.98. The fourth-order valence-electron chi connectivity index (χ4n) is 2.89. The molecule has 1 saturated heterocycles. The van der Waals surface area contributed by atoms with Crippen LogP contribution in [0, 0.1) is 0 Å². The molecule has 1 fully saturated rings. The first-order valence-electron chi connectivity index (χ1n) is 10.1. The molecule has 0 aromatic heterocycles. The summed E-state index contributed by atoms with van der Waals surface area (Å²) in [7, 11) is 0. The van der Waals surface area contributed by atoms with Crippen LogP contribution in [0.4, 0.5) is 0 Å². The van der Waals surface area contributed by atoms with E-state index in [1.807, 2.05) is 0 Å². The standard InChI is InChI=1S/C20H38O3/c1-2-3-4-5-6-7-8-9-10-11-12-13-14-15-16-20(21)23-18-19-17-22-19/h19H,2-18H2,1H3. The van der Waals surface area contributed by atoms with Gasteiger partial charge in [-0.2, -0.15) is 0 Å². The Labute approximate surface area is 143 Å². The van der Waals surface area contributed by atoms with E-state index in [0.29, 0.717) is 13.0 Å². The van der Waals surface area contributed by atoms with Gasteiger partial charge in [-0.3, -0.25) is 4.79 Å². The molecule has 1 rings (SSSR count). The van der Waals surface area contributed by atoms with Gasteiger partial charge in [0, 0.05) is 6.42 Å². The summed E-state index contributed by atoms with van der Waals surface area (Å²) in [6, 6.07) is 0. The van der Waals surface area contributed by atoms with E-state index in [2.05, 4.69) is 6.92 Å². The van der Waals surface area contributed by atoms with Gasteiger partial charge in [-0.15, -0.1) is 0 Å². The van der Waals surface area contributed by atoms with E-state index in [0.717, 1.165) is 19.4 Å². The molecular formula is C20H38O3. The van der Waals surface area contributed by atoms with Crippen LogP contribution in [-0.2, 0) is 14.3 Å². The predicted octanol–water partition coefficient (Wildman–Crippen LogP) is 5.80. The summed E-state index contributed by atoms with van der Waals surface area (Å²) >= 11 is 0. The number of hydrogen-bond donors (Lipinski definition) is 0. The highest BCUT2D eigenvalue weighted by atomic mass is 16.6. The van der Waals surface area contributed by atoms with E-state index in [4.69, 9.17) is 9.47 Å². The highest BCUT2D eigenvalue weighted by Gasteiger charge is 2.23. The molecule has 0 bridgehead atoms. The Morgan fingerprint density at radius 2 is 1.26 bits per heavy atom. The number of esters is 1. The van der Waals surface area contributed by atoms with Crippen molar-refractivity contribution >= 4 is 5.97 Å². The monoisotopic (exact) mass is 326 g/mol. The Morgan fingerprint density at radius 1 is 0.826 bits per heavy atom. The number of hydrogen-bond acceptors (Lipinski definition) is 3. The molecule has 3 heteroatoms. The predicted molar refractivity (Wildman–Crippen MR) is 95.6 cm³/mol. The second kappa shape index (κ2) is 15.0. The number of ether oxygens (including phenoxy) is 2. The van der Waals surface area contributed by atoms with Crippen molar-refractivity contribution in [2.24, 2.45) is 0 Å². The molecule has 0 aromatic rings. The Hall–Kier alpha value is -0.570. The fraction of sp³-hybridized carbons (Fsp3) is 0.950. The average Bonchev–Trinajstić information content (AvgIpc) is 3.37. The molecule has 1 aliphatic heterocycles. The van der Waals surface area contributed by atoms with E-state index >= 15 is 0 Å². The van der Waals surface area contributed by atoms with Crippen LogP contribution in [0.2, 0.25) is 0 Å². The molecule has 0 saturated carbocycles. The zero-order chi connectivity index (χ0) is 16.6. The Morgan fingerprint density at radius 3 is 1.70 bits per heavy atom. The summed E-state index contributed by atoms with van der Waals surface area (Å²) in [5, 5.41) is 0. The third kappa shape index (κ3) is 14.7. The maximum absolute atomic E-state index is 11.4. The first-order chi connectivity index (χ1) is 11.3. The molecular weight excluding hydrogens is 288 g/mol. The van der Waals surface area contributed by atoms with E-state index in [9.17, 15) is 4.79 Å². The van der Waals surface area contributed by atoms with Gasteiger partial charge in [0.25, 0.3) is 0 Å². The van der Waals surface area contributed by atoms with Crippen LogP contribution in [0.1, 0.15) is 103 Å². The molecule has 1 aliphatic rings. The zero-order valence-corrected chi connectivity index (χ0v) is 15.3. The Kier molecular flexibility index (Phi) is 13.3. The zero-order valence-electron chi connectivity index (χ0n) is 15.3. The van der Waals surface area contributed by atoms with Crippen LogP contribution in [0.5, 0.6) is 0 Å². The maximum Gasteiger partial charge on any atom is 0.305 e. The number of carbonyl (C=O) groups is 1. The molecule has 1 atom stereocenters. The molecule has 3 nitrogen and oxygen atoms in total. The molecule has 0 N–H and O–H groups in total. The maximum atomic E-state index is 11.4. The van der Waals surface area contributed by atoms with Crippen molar-refractivity contribution in [3.8, 4) is 0 Å². The number of carbonyl (C=O) groups excluding carboxylic acids is 1. The summed E-state index contributed by atoms with van der Waals surface area (Å²) in [5.74, 6) is -0.0561. The smallest absolute Gasteiger partial charge is 0.305 e. The van der Waals surface area contributed by atoms with Gasteiger partial charge in [-0.25, -0.2) is 0 Å². The number of unbranched alkanes of at least 4 members (excludes halogenated alkanes) is 13. The van der Waals surface area contributed by atoms with Crippen molar-refractivity contribution in [3.05, 3.63) is 0 Å². The lowest BCUT2D eigenvalue weighted by Crippen LogP contribution is -2.09. The van der Waals surface area contributed by atoms with E-state index < -0.39 is 0 Å². The van der Waals surface area contributed by atoms with Gasteiger partial charge in [0.15, 0.2) is 0 Å². The Bertz CT molecular complexity index is 274. The van der Waals surface area contributed by atoms with Crippen LogP contribution in [0.3, 0.4) is 0 Å². The first-order valence-corrected chi connectivity index (χ1v) is 10.1. The van der Waals surface area contributed by atoms with E-state index in [1.165, 1.54) is 77.0 Å². The molecule has 136 valence electrons. The van der Waals surface area contributed by atoms with Crippen molar-refractivity contribution in [2.45, 2.75) is 109 Å². The van der Waals surface area contributed by atoms with Gasteiger partial charge in [0.2, 0.25) is 0 Å². The highest BCUT2D eigenvalue weighted by Crippen LogP contribution is 2.14. The SMILES string of the molecule is CCCCCCCCCCCCCCCCC(=O)OCC1CO1. The molecule has 1 unspecified atom stereocenters. The van der Waals surface area contributed by atoms with Crippen LogP contribution in [0.15, 0.2) is 0 Å². The number of rotatable bonds is 17. The van der Waals surface area contributed by atoms with Crippen molar-refractivity contribution in [2.75, 3.05) is 13.2 Å². The van der Waals surface area contributed by atoms with Crippen molar-refractivity contribution < 1.29 is 14.3 Å². The molecule has 0 spiro atoms. The van der Waals surface area contributed by atoms with E-state index in [1.54, 1.807) is 0 Å². The van der Waals surface area contributed by atoms with Gasteiger partial charge in [-0.05, 0) is 6.42 Å². The van der Waals surface area contributed by atoms with Crippen LogP contribution in [0.25, 0.3) is 0 Å². The normalized spacial score (nSPS) is 16.5. The summed E-state index contributed by atoms with van der Waals surface area (Å²) in [5.41, 5.74) is 0. The van der Waals surface area contributed by atoms with Gasteiger partial charge in [0.1, 0.15) is 12.7 Å². The van der Waals surface area contributed by atoms with Crippen molar-refractivity contribution in [1.29, 1.82) is 0 Å². The molecule has 1 heterocycles. The summed E-state index contributed by atoms with van der Waals surface area (Å²) in [4.78, 5) is 11.4. The van der Waals surface area contributed by atoms with Crippen molar-refractivity contribution in [3.63, 3.8) is 0 Å². The van der Waals surface area contributed by atoms with Crippen molar-refractivity contribution in [1.82, 2.24) is 0 Å². The van der Waals surface area contributed by atoms with Gasteiger partial charge >= 0.3 is 5.97 Å². The lowest BCUT2D eigenvalue weighted by Gasteiger charge is -2.04. The summed E-state index contributed by atoms with van der Waals surface area (Å²) in [6.07, 6.45) is 19.5. The topological polar surface area (TPSA) is 38.8 Å². The molecule has 0 radical (unpaired) electrons. The second-order valence-electron chi connectivity index (χ2n) is 6.98. The first kappa shape index (κ1) is 20.5. The van der Waals surface area contributed by atoms with Crippen LogP contribution >= 0.6 is 0 Å². The third-order valence-corrected chi connectivity index (χ3v) is 4.57. The summed E-state index contributed by atoms with van der Waals surface area (Å²) in [6.45, 7) is 3.49. The highest BCUT2D eigenvalue weighted by molar-refractivity contribution is 5.69. The van der Waals surface area contributed by atoms with E-state index in [-0.39, 0.29) is 12.1 Å². The van der Waals surface area contributed by atoms with Gasteiger partial charge in [0.05, 0.1) is 6.61 Å². The van der Waals surface area contributed by atoms with Crippen LogP contribution in [-0.4, -0.2) is 25.3 Å².